The predicted octanol–water partition coefficient (Wildman–Crippen LogP) is 2.16. The van der Waals surface area contributed by atoms with Crippen LogP contribution in [0.25, 0.3) is 22.5 Å². The zero-order valence-corrected chi connectivity index (χ0v) is 14.2. The monoisotopic (exact) mass is 338 g/mol. The minimum Gasteiger partial charge on any atom is -0.282 e. The van der Waals surface area contributed by atoms with Gasteiger partial charge in [0.2, 0.25) is 5.16 Å². The molecule has 0 radical (unpaired) electrons. The van der Waals surface area contributed by atoms with Crippen molar-refractivity contribution in [2.24, 2.45) is 0 Å². The number of pyridine rings is 1. The smallest absolute Gasteiger partial charge is 0.282 e. The maximum Gasteiger partial charge on any atom is 0.285 e. The highest BCUT2D eigenvalue weighted by Gasteiger charge is 2.13. The molecule has 0 N–H and O–H groups in total. The van der Waals surface area contributed by atoms with Gasteiger partial charge in [0.15, 0.2) is 5.52 Å². The largest absolute Gasteiger partial charge is 0.285 e. The van der Waals surface area contributed by atoms with E-state index in [4.69, 9.17) is 0 Å². The Morgan fingerprint density at radius 1 is 1.08 bits per heavy atom. The summed E-state index contributed by atoms with van der Waals surface area (Å²) < 4.78 is 3.13. The molecule has 0 saturated carbocycles. The molecule has 4 aromatic rings. The van der Waals surface area contributed by atoms with Gasteiger partial charge in [0.25, 0.3) is 11.3 Å². The van der Waals surface area contributed by atoms with Crippen LogP contribution in [0.5, 0.6) is 0 Å². The molecule has 0 atom stereocenters. The van der Waals surface area contributed by atoms with Crippen LogP contribution in [0.2, 0.25) is 0 Å². The predicted molar refractivity (Wildman–Crippen MR) is 92.9 cm³/mol. The lowest BCUT2D eigenvalue weighted by Crippen LogP contribution is -2.20. The van der Waals surface area contributed by atoms with Crippen LogP contribution in [0, 0.1) is 13.8 Å². The minimum absolute atomic E-state index is 0.230. The summed E-state index contributed by atoms with van der Waals surface area (Å²) in [6.07, 6.45) is 3.62. The number of nitrogens with zero attached hydrogens (tertiary/aromatic N) is 6. The van der Waals surface area contributed by atoms with Crippen LogP contribution < -0.4 is 5.56 Å². The highest BCUT2D eigenvalue weighted by atomic mass is 32.2. The first kappa shape index (κ1) is 14.8. The van der Waals surface area contributed by atoms with Crippen LogP contribution in [0.4, 0.5) is 0 Å². The van der Waals surface area contributed by atoms with Crippen LogP contribution in [-0.4, -0.2) is 35.6 Å². The fourth-order valence-corrected chi connectivity index (χ4v) is 2.89. The third-order valence-electron chi connectivity index (χ3n) is 4.03. The van der Waals surface area contributed by atoms with Crippen molar-refractivity contribution < 1.29 is 0 Å². The van der Waals surface area contributed by atoms with Crippen molar-refractivity contribution in [1.82, 2.24) is 29.4 Å². The second-order valence-electron chi connectivity index (χ2n) is 5.50. The minimum atomic E-state index is -0.230. The van der Waals surface area contributed by atoms with Gasteiger partial charge in [-0.05, 0) is 49.4 Å². The van der Waals surface area contributed by atoms with Crippen molar-refractivity contribution >= 4 is 28.6 Å². The lowest BCUT2D eigenvalue weighted by Gasteiger charge is -2.09. The highest BCUT2D eigenvalue weighted by molar-refractivity contribution is 7.98. The summed E-state index contributed by atoms with van der Waals surface area (Å²) in [7, 11) is 0. The number of thioether (sulfide) groups is 1. The van der Waals surface area contributed by atoms with Crippen LogP contribution in [0.1, 0.15) is 11.1 Å². The van der Waals surface area contributed by atoms with Gasteiger partial charge in [0.1, 0.15) is 5.52 Å². The van der Waals surface area contributed by atoms with Crippen LogP contribution >= 0.6 is 11.8 Å². The zero-order chi connectivity index (χ0) is 16.8. The maximum absolute atomic E-state index is 12.8. The second kappa shape index (κ2) is 5.41. The third-order valence-corrected chi connectivity index (χ3v) is 4.57. The van der Waals surface area contributed by atoms with Crippen molar-refractivity contribution in [3.8, 4) is 5.69 Å². The second-order valence-corrected chi connectivity index (χ2v) is 6.28. The molecule has 120 valence electrons. The van der Waals surface area contributed by atoms with E-state index in [1.807, 2.05) is 44.4 Å². The number of hydrogen-bond donors (Lipinski definition) is 0. The van der Waals surface area contributed by atoms with Gasteiger partial charge in [0, 0.05) is 11.9 Å². The van der Waals surface area contributed by atoms with E-state index in [9.17, 15) is 4.79 Å². The molecule has 24 heavy (non-hydrogen) atoms. The first-order valence-corrected chi connectivity index (χ1v) is 8.57. The average Bonchev–Trinajstić information content (AvgIpc) is 3.01. The molecule has 0 saturated heterocycles. The van der Waals surface area contributed by atoms with Gasteiger partial charge in [-0.15, -0.1) is 15.3 Å². The number of aromatic nitrogens is 6. The van der Waals surface area contributed by atoms with E-state index in [-0.39, 0.29) is 11.1 Å². The quantitative estimate of drug-likeness (QED) is 0.521. The molecule has 0 fully saturated rings. The Morgan fingerprint density at radius 3 is 2.67 bits per heavy atom. The van der Waals surface area contributed by atoms with E-state index in [0.717, 1.165) is 11.3 Å². The van der Waals surface area contributed by atoms with Gasteiger partial charge in [-0.3, -0.25) is 9.36 Å². The highest BCUT2D eigenvalue weighted by Crippen LogP contribution is 2.16. The Morgan fingerprint density at radius 2 is 1.92 bits per heavy atom. The van der Waals surface area contributed by atoms with Gasteiger partial charge in [-0.25, -0.2) is 0 Å². The van der Waals surface area contributed by atoms with Crippen molar-refractivity contribution in [1.29, 1.82) is 0 Å². The average molecular weight is 338 g/mol. The van der Waals surface area contributed by atoms with Gasteiger partial charge < -0.3 is 0 Å². The molecule has 0 amide bonds. The van der Waals surface area contributed by atoms with Crippen molar-refractivity contribution in [2.75, 3.05) is 6.26 Å². The van der Waals surface area contributed by atoms with E-state index in [2.05, 4.69) is 20.3 Å². The number of aryl methyl sites for hydroxylation is 2. The standard InChI is InChI=1S/C16H14N6OS/c1-9-4-5-11(8-10(9)2)21-7-6-12-13(14(21)23)18-19-15-17-16(24-3)20-22(12)15/h4-8H,1-3H3. The maximum atomic E-state index is 12.8. The van der Waals surface area contributed by atoms with Crippen molar-refractivity contribution in [3.63, 3.8) is 0 Å². The Hall–Kier alpha value is -2.74. The molecular weight excluding hydrogens is 324 g/mol. The normalized spacial score (nSPS) is 11.5. The molecule has 8 heteroatoms. The molecule has 0 bridgehead atoms. The summed E-state index contributed by atoms with van der Waals surface area (Å²) in [6.45, 7) is 4.06. The van der Waals surface area contributed by atoms with E-state index >= 15 is 0 Å². The Bertz CT molecular complexity index is 1150. The lowest BCUT2D eigenvalue weighted by atomic mass is 10.1. The Kier molecular flexibility index (Phi) is 3.34. The molecule has 0 aliphatic rings. The van der Waals surface area contributed by atoms with Crippen LogP contribution in [0.15, 0.2) is 40.4 Å². The fraction of sp³-hybridized carbons (Fsp3) is 0.188. The van der Waals surface area contributed by atoms with Crippen molar-refractivity contribution in [3.05, 3.63) is 51.9 Å². The zero-order valence-electron chi connectivity index (χ0n) is 13.4. The number of rotatable bonds is 2. The summed E-state index contributed by atoms with van der Waals surface area (Å²) in [5.41, 5.74) is 3.74. The molecule has 4 rings (SSSR count). The molecule has 3 heterocycles. The molecule has 0 aliphatic heterocycles. The molecular formula is C16H14N6OS. The summed E-state index contributed by atoms with van der Waals surface area (Å²) in [5.74, 6) is 0.384. The summed E-state index contributed by atoms with van der Waals surface area (Å²) in [5, 5.41) is 13.0. The first-order valence-electron chi connectivity index (χ1n) is 7.35. The molecule has 0 spiro atoms. The molecule has 7 nitrogen and oxygen atoms in total. The van der Waals surface area contributed by atoms with Gasteiger partial charge in [-0.1, -0.05) is 17.8 Å². The van der Waals surface area contributed by atoms with Crippen LogP contribution in [0.3, 0.4) is 0 Å². The van der Waals surface area contributed by atoms with E-state index in [0.29, 0.717) is 16.5 Å². The third kappa shape index (κ3) is 2.18. The van der Waals surface area contributed by atoms with E-state index in [1.165, 1.54) is 17.3 Å². The van der Waals surface area contributed by atoms with Gasteiger partial charge >= 0.3 is 0 Å². The topological polar surface area (TPSA) is 78.0 Å². The van der Waals surface area contributed by atoms with Crippen LogP contribution in [-0.2, 0) is 0 Å². The molecule has 1 aromatic carbocycles. The van der Waals surface area contributed by atoms with E-state index < -0.39 is 0 Å². The first-order chi connectivity index (χ1) is 11.6. The summed E-state index contributed by atoms with van der Waals surface area (Å²) >= 11 is 1.42. The number of hydrogen-bond acceptors (Lipinski definition) is 6. The fourth-order valence-electron chi connectivity index (χ4n) is 2.55. The van der Waals surface area contributed by atoms with Gasteiger partial charge in [0.05, 0.1) is 0 Å². The van der Waals surface area contributed by atoms with Gasteiger partial charge in [-0.2, -0.15) is 9.50 Å². The molecule has 0 unspecified atom stereocenters. The molecule has 0 aliphatic carbocycles. The molecule has 3 aromatic heterocycles. The summed E-state index contributed by atoms with van der Waals surface area (Å²) in [4.78, 5) is 17.1. The van der Waals surface area contributed by atoms with E-state index in [1.54, 1.807) is 15.3 Å². The number of benzene rings is 1. The number of fused-ring (bicyclic) bond motifs is 3. The Labute approximate surface area is 141 Å². The Balaban J connectivity index is 1.99. The summed E-state index contributed by atoms with van der Waals surface area (Å²) in [6, 6.07) is 7.71. The lowest BCUT2D eigenvalue weighted by molar-refractivity contribution is 0.885. The van der Waals surface area contributed by atoms with Crippen molar-refractivity contribution in [2.45, 2.75) is 19.0 Å². The SMILES string of the molecule is CSc1nc2nnc3c(=O)n(-c4ccc(C)c(C)c4)ccc3n2n1.